The van der Waals surface area contributed by atoms with Gasteiger partial charge in [0.2, 0.25) is 0 Å². The van der Waals surface area contributed by atoms with E-state index in [0.29, 0.717) is 0 Å². The number of rotatable bonds is 4. The average Bonchev–Trinajstić information content (AvgIpc) is 2.56. The first kappa shape index (κ1) is 14.3. The molecule has 0 bridgehead atoms. The van der Waals surface area contributed by atoms with E-state index in [1.54, 1.807) is 7.11 Å². The van der Waals surface area contributed by atoms with E-state index in [1.807, 2.05) is 24.3 Å². The number of piperazine rings is 1. The highest BCUT2D eigenvalue weighted by Crippen LogP contribution is 2.27. The van der Waals surface area contributed by atoms with Crippen LogP contribution in [0.3, 0.4) is 0 Å². The third-order valence-corrected chi connectivity index (χ3v) is 4.19. The zero-order chi connectivity index (χ0) is 14.7. The van der Waals surface area contributed by atoms with Gasteiger partial charge in [-0.2, -0.15) is 0 Å². The fourth-order valence-electron chi connectivity index (χ4n) is 2.97. The summed E-state index contributed by atoms with van der Waals surface area (Å²) < 4.78 is 18.8. The standard InChI is InChI=1S/C17H21FN2O/c1-21-16-5-4-13-10-15(3-2-14(13)11-16)17(12-18)20-8-6-19-7-9-20/h2-5,10-11,17,19H,6-9,12H2,1H3/t17-/m0/s1. The molecule has 112 valence electrons. The van der Waals surface area contributed by atoms with Crippen LogP contribution in [-0.2, 0) is 0 Å². The number of fused-ring (bicyclic) bond motifs is 1. The minimum Gasteiger partial charge on any atom is -0.497 e. The Morgan fingerprint density at radius 2 is 1.86 bits per heavy atom. The van der Waals surface area contributed by atoms with Crippen molar-refractivity contribution in [2.45, 2.75) is 6.04 Å². The molecule has 1 saturated heterocycles. The third kappa shape index (κ3) is 3.01. The summed E-state index contributed by atoms with van der Waals surface area (Å²) in [5.41, 5.74) is 1.05. The summed E-state index contributed by atoms with van der Waals surface area (Å²) in [6.45, 7) is 3.31. The normalized spacial score (nSPS) is 17.8. The fraction of sp³-hybridized carbons (Fsp3) is 0.412. The van der Waals surface area contributed by atoms with Crippen molar-refractivity contribution in [1.82, 2.24) is 10.2 Å². The fourth-order valence-corrected chi connectivity index (χ4v) is 2.97. The van der Waals surface area contributed by atoms with Gasteiger partial charge >= 0.3 is 0 Å². The molecule has 3 rings (SSSR count). The zero-order valence-corrected chi connectivity index (χ0v) is 12.3. The minimum atomic E-state index is -0.346. The Hall–Kier alpha value is -1.65. The molecule has 1 heterocycles. The number of ether oxygens (including phenoxy) is 1. The molecule has 1 N–H and O–H groups in total. The summed E-state index contributed by atoms with van der Waals surface area (Å²) in [4.78, 5) is 2.22. The average molecular weight is 288 g/mol. The summed E-state index contributed by atoms with van der Waals surface area (Å²) >= 11 is 0. The lowest BCUT2D eigenvalue weighted by atomic mass is 10.0. The van der Waals surface area contributed by atoms with Crippen molar-refractivity contribution in [2.75, 3.05) is 40.0 Å². The maximum Gasteiger partial charge on any atom is 0.119 e. The van der Waals surface area contributed by atoms with Crippen LogP contribution < -0.4 is 10.1 Å². The Morgan fingerprint density at radius 3 is 2.57 bits per heavy atom. The van der Waals surface area contributed by atoms with Crippen LogP contribution in [0.25, 0.3) is 10.8 Å². The van der Waals surface area contributed by atoms with Gasteiger partial charge < -0.3 is 10.1 Å². The largest absolute Gasteiger partial charge is 0.497 e. The number of hydrogen-bond acceptors (Lipinski definition) is 3. The summed E-state index contributed by atoms with van der Waals surface area (Å²) in [5, 5.41) is 5.56. The van der Waals surface area contributed by atoms with Crippen LogP contribution in [0.4, 0.5) is 4.39 Å². The van der Waals surface area contributed by atoms with E-state index in [2.05, 4.69) is 22.3 Å². The van der Waals surface area contributed by atoms with E-state index < -0.39 is 0 Å². The maximum absolute atomic E-state index is 13.6. The number of halogens is 1. The van der Waals surface area contributed by atoms with Gasteiger partial charge in [-0.25, -0.2) is 4.39 Å². The number of hydrogen-bond donors (Lipinski definition) is 1. The number of alkyl halides is 1. The van der Waals surface area contributed by atoms with Crippen LogP contribution in [-0.4, -0.2) is 44.9 Å². The lowest BCUT2D eigenvalue weighted by molar-refractivity contribution is 0.147. The van der Waals surface area contributed by atoms with Crippen LogP contribution >= 0.6 is 0 Å². The highest BCUT2D eigenvalue weighted by molar-refractivity contribution is 5.84. The molecule has 3 nitrogen and oxygen atoms in total. The van der Waals surface area contributed by atoms with Crippen LogP contribution in [0.5, 0.6) is 5.75 Å². The molecule has 1 aliphatic heterocycles. The number of nitrogens with one attached hydrogen (secondary N) is 1. The third-order valence-electron chi connectivity index (χ3n) is 4.19. The molecule has 0 saturated carbocycles. The maximum atomic E-state index is 13.6. The predicted octanol–water partition coefficient (Wildman–Crippen LogP) is 2.76. The van der Waals surface area contributed by atoms with Gasteiger partial charge in [0, 0.05) is 26.2 Å². The quantitative estimate of drug-likeness (QED) is 0.936. The molecule has 4 heteroatoms. The second kappa shape index (κ2) is 6.41. The highest BCUT2D eigenvalue weighted by atomic mass is 19.1. The molecule has 0 amide bonds. The van der Waals surface area contributed by atoms with Crippen LogP contribution in [0, 0.1) is 0 Å². The second-order valence-electron chi connectivity index (χ2n) is 5.43. The van der Waals surface area contributed by atoms with Gasteiger partial charge in [0.1, 0.15) is 12.4 Å². The molecule has 1 aliphatic rings. The first-order chi connectivity index (χ1) is 10.3. The Bertz CT molecular complexity index is 611. The van der Waals surface area contributed by atoms with Crippen molar-refractivity contribution in [3.05, 3.63) is 42.0 Å². The number of methoxy groups -OCH3 is 1. The molecule has 1 atom stereocenters. The number of nitrogens with zero attached hydrogens (tertiary/aromatic N) is 1. The van der Waals surface area contributed by atoms with E-state index in [1.165, 1.54) is 0 Å². The lowest BCUT2D eigenvalue weighted by Crippen LogP contribution is -2.45. The summed E-state index contributed by atoms with van der Waals surface area (Å²) in [7, 11) is 1.67. The second-order valence-corrected chi connectivity index (χ2v) is 5.43. The molecule has 21 heavy (non-hydrogen) atoms. The van der Waals surface area contributed by atoms with E-state index >= 15 is 0 Å². The molecule has 2 aromatic carbocycles. The molecular weight excluding hydrogens is 267 g/mol. The molecular formula is C17H21FN2O. The number of benzene rings is 2. The van der Waals surface area contributed by atoms with Crippen LogP contribution in [0.1, 0.15) is 11.6 Å². The molecule has 2 aromatic rings. The van der Waals surface area contributed by atoms with Gasteiger partial charge in [-0.15, -0.1) is 0 Å². The molecule has 0 aliphatic carbocycles. The first-order valence-corrected chi connectivity index (χ1v) is 7.40. The van der Waals surface area contributed by atoms with E-state index in [4.69, 9.17) is 4.74 Å². The molecule has 0 spiro atoms. The Balaban J connectivity index is 1.91. The van der Waals surface area contributed by atoms with Crippen molar-refractivity contribution >= 4 is 10.8 Å². The van der Waals surface area contributed by atoms with Crippen molar-refractivity contribution < 1.29 is 9.13 Å². The van der Waals surface area contributed by atoms with Crippen molar-refractivity contribution in [3.8, 4) is 5.75 Å². The summed E-state index contributed by atoms with van der Waals surface area (Å²) in [6, 6.07) is 12.0. The van der Waals surface area contributed by atoms with Gasteiger partial charge in [0.15, 0.2) is 0 Å². The van der Waals surface area contributed by atoms with E-state index in [0.717, 1.165) is 48.3 Å². The molecule has 0 unspecified atom stereocenters. The highest BCUT2D eigenvalue weighted by Gasteiger charge is 2.22. The minimum absolute atomic E-state index is 0.140. The van der Waals surface area contributed by atoms with Crippen LogP contribution in [0.15, 0.2) is 36.4 Å². The molecule has 1 fully saturated rings. The summed E-state index contributed by atoms with van der Waals surface area (Å²) in [5.74, 6) is 0.847. The molecule has 0 aromatic heterocycles. The summed E-state index contributed by atoms with van der Waals surface area (Å²) in [6.07, 6.45) is 0. The van der Waals surface area contributed by atoms with Gasteiger partial charge in [-0.1, -0.05) is 18.2 Å². The van der Waals surface area contributed by atoms with Crippen LogP contribution in [0.2, 0.25) is 0 Å². The van der Waals surface area contributed by atoms with Gasteiger partial charge in [-0.05, 0) is 34.5 Å². The van der Waals surface area contributed by atoms with Gasteiger partial charge in [0.05, 0.1) is 13.2 Å². The van der Waals surface area contributed by atoms with E-state index in [-0.39, 0.29) is 12.7 Å². The van der Waals surface area contributed by atoms with E-state index in [9.17, 15) is 4.39 Å². The first-order valence-electron chi connectivity index (χ1n) is 7.40. The van der Waals surface area contributed by atoms with Gasteiger partial charge in [0.25, 0.3) is 0 Å². The predicted molar refractivity (Wildman–Crippen MR) is 83.7 cm³/mol. The van der Waals surface area contributed by atoms with Gasteiger partial charge in [-0.3, -0.25) is 4.90 Å². The SMILES string of the molecule is COc1ccc2cc([C@H](CF)N3CCNCC3)ccc2c1. The Kier molecular flexibility index (Phi) is 4.36. The van der Waals surface area contributed by atoms with Crippen molar-refractivity contribution in [1.29, 1.82) is 0 Å². The topological polar surface area (TPSA) is 24.5 Å². The Labute approximate surface area is 124 Å². The zero-order valence-electron chi connectivity index (χ0n) is 12.3. The lowest BCUT2D eigenvalue weighted by Gasteiger charge is -2.33. The monoisotopic (exact) mass is 288 g/mol. The van der Waals surface area contributed by atoms with Crippen molar-refractivity contribution in [2.24, 2.45) is 0 Å². The smallest absolute Gasteiger partial charge is 0.119 e. The van der Waals surface area contributed by atoms with Crippen molar-refractivity contribution in [3.63, 3.8) is 0 Å². The Morgan fingerprint density at radius 1 is 1.14 bits per heavy atom. The molecule has 0 radical (unpaired) electrons.